The number of fused-ring (bicyclic) bond motifs is 1. The summed E-state index contributed by atoms with van der Waals surface area (Å²) in [6.07, 6.45) is 2.50. The topological polar surface area (TPSA) is 40.9 Å². The first-order chi connectivity index (χ1) is 13.0. The molecule has 0 atom stereocenters. The Balaban J connectivity index is 1.55. The van der Waals surface area contributed by atoms with Crippen LogP contribution in [0.15, 0.2) is 42.6 Å². The average Bonchev–Trinajstić information content (AvgIpc) is 2.84. The largest absolute Gasteiger partial charge is 0.369 e. The van der Waals surface area contributed by atoms with Crippen molar-refractivity contribution in [1.29, 1.82) is 0 Å². The standard InChI is InChI=1S/C21H23FN4O/c1-15-8-9-18-23-19(20(22)26(18)14-15)21(27)25-11-5-10-24(12-13-25)17-7-4-3-6-16(17)2/h3-4,6-9,14H,5,10-13H2,1-2H3. The molecule has 0 saturated carbocycles. The Kier molecular flexibility index (Phi) is 4.56. The number of amides is 1. The molecule has 1 amide bonds. The number of nitrogens with zero attached hydrogens (tertiary/aromatic N) is 4. The number of aryl methyl sites for hydroxylation is 2. The number of anilines is 1. The van der Waals surface area contributed by atoms with Crippen LogP contribution in [-0.4, -0.2) is 46.4 Å². The number of aromatic nitrogens is 2. The Morgan fingerprint density at radius 2 is 1.85 bits per heavy atom. The first-order valence-electron chi connectivity index (χ1n) is 9.28. The van der Waals surface area contributed by atoms with Crippen LogP contribution in [0.5, 0.6) is 0 Å². The van der Waals surface area contributed by atoms with Gasteiger partial charge in [-0.2, -0.15) is 4.39 Å². The van der Waals surface area contributed by atoms with E-state index in [1.54, 1.807) is 17.2 Å². The van der Waals surface area contributed by atoms with Gasteiger partial charge in [-0.1, -0.05) is 24.3 Å². The van der Waals surface area contributed by atoms with E-state index < -0.39 is 5.95 Å². The maximum atomic E-state index is 14.8. The van der Waals surface area contributed by atoms with Gasteiger partial charge < -0.3 is 9.80 Å². The molecule has 0 unspecified atom stereocenters. The van der Waals surface area contributed by atoms with E-state index in [0.29, 0.717) is 18.7 Å². The Labute approximate surface area is 158 Å². The summed E-state index contributed by atoms with van der Waals surface area (Å²) in [5.41, 5.74) is 3.70. The molecule has 27 heavy (non-hydrogen) atoms. The van der Waals surface area contributed by atoms with Crippen molar-refractivity contribution in [2.75, 3.05) is 31.1 Å². The third-order valence-corrected chi connectivity index (χ3v) is 5.15. The highest BCUT2D eigenvalue weighted by atomic mass is 19.1. The Bertz CT molecular complexity index is 997. The fourth-order valence-corrected chi connectivity index (χ4v) is 3.69. The first-order valence-corrected chi connectivity index (χ1v) is 9.28. The highest BCUT2D eigenvalue weighted by Gasteiger charge is 2.26. The van der Waals surface area contributed by atoms with Crippen LogP contribution in [0.1, 0.15) is 28.0 Å². The Hall–Kier alpha value is -2.89. The van der Waals surface area contributed by atoms with E-state index in [1.165, 1.54) is 15.7 Å². The molecule has 1 fully saturated rings. The van der Waals surface area contributed by atoms with Crippen molar-refractivity contribution in [3.05, 3.63) is 65.4 Å². The lowest BCUT2D eigenvalue weighted by atomic mass is 10.2. The predicted octanol–water partition coefficient (Wildman–Crippen LogP) is 3.44. The number of benzene rings is 1. The summed E-state index contributed by atoms with van der Waals surface area (Å²) < 4.78 is 16.1. The van der Waals surface area contributed by atoms with E-state index in [1.807, 2.05) is 25.1 Å². The fraction of sp³-hybridized carbons (Fsp3) is 0.333. The summed E-state index contributed by atoms with van der Waals surface area (Å²) in [6.45, 7) is 6.74. The minimum Gasteiger partial charge on any atom is -0.369 e. The van der Waals surface area contributed by atoms with E-state index in [4.69, 9.17) is 0 Å². The van der Waals surface area contributed by atoms with Crippen LogP contribution in [0, 0.1) is 19.8 Å². The molecular weight excluding hydrogens is 343 g/mol. The first kappa shape index (κ1) is 17.5. The van der Waals surface area contributed by atoms with Gasteiger partial charge in [0.15, 0.2) is 5.69 Å². The molecule has 1 aliphatic rings. The summed E-state index contributed by atoms with van der Waals surface area (Å²) in [5, 5.41) is 0. The molecule has 0 bridgehead atoms. The summed E-state index contributed by atoms with van der Waals surface area (Å²) in [6, 6.07) is 11.9. The SMILES string of the molecule is Cc1ccc2nc(C(=O)N3CCCN(c4ccccc4C)CC3)c(F)n2c1. The van der Waals surface area contributed by atoms with Gasteiger partial charge in [0.25, 0.3) is 5.91 Å². The monoisotopic (exact) mass is 366 g/mol. The van der Waals surface area contributed by atoms with Gasteiger partial charge in [-0.25, -0.2) is 4.98 Å². The number of rotatable bonds is 2. The summed E-state index contributed by atoms with van der Waals surface area (Å²) >= 11 is 0. The van der Waals surface area contributed by atoms with Gasteiger partial charge in [0.2, 0.25) is 5.95 Å². The van der Waals surface area contributed by atoms with Gasteiger partial charge in [0.1, 0.15) is 5.65 Å². The molecule has 5 nitrogen and oxygen atoms in total. The third kappa shape index (κ3) is 3.27. The highest BCUT2D eigenvalue weighted by molar-refractivity contribution is 5.93. The normalized spacial score (nSPS) is 15.2. The van der Waals surface area contributed by atoms with Crippen LogP contribution in [0.25, 0.3) is 5.65 Å². The molecule has 1 aliphatic heterocycles. The summed E-state index contributed by atoms with van der Waals surface area (Å²) in [7, 11) is 0. The number of carbonyl (C=O) groups is 1. The molecule has 0 N–H and O–H groups in total. The average molecular weight is 366 g/mol. The summed E-state index contributed by atoms with van der Waals surface area (Å²) in [4.78, 5) is 21.2. The molecular formula is C21H23FN4O. The number of pyridine rings is 1. The number of hydrogen-bond acceptors (Lipinski definition) is 3. The molecule has 140 valence electrons. The maximum absolute atomic E-state index is 14.8. The second kappa shape index (κ2) is 7.02. The van der Waals surface area contributed by atoms with E-state index in [0.717, 1.165) is 25.1 Å². The lowest BCUT2D eigenvalue weighted by Gasteiger charge is -2.25. The fourth-order valence-electron chi connectivity index (χ4n) is 3.69. The van der Waals surface area contributed by atoms with Crippen molar-refractivity contribution < 1.29 is 9.18 Å². The van der Waals surface area contributed by atoms with Gasteiger partial charge >= 0.3 is 0 Å². The zero-order chi connectivity index (χ0) is 19.0. The number of carbonyl (C=O) groups excluding carboxylic acids is 1. The third-order valence-electron chi connectivity index (χ3n) is 5.15. The molecule has 0 radical (unpaired) electrons. The van der Waals surface area contributed by atoms with E-state index >= 15 is 0 Å². The van der Waals surface area contributed by atoms with Crippen molar-refractivity contribution in [1.82, 2.24) is 14.3 Å². The molecule has 0 spiro atoms. The predicted molar refractivity (Wildman–Crippen MR) is 104 cm³/mol. The van der Waals surface area contributed by atoms with E-state index in [2.05, 4.69) is 28.9 Å². The van der Waals surface area contributed by atoms with Gasteiger partial charge in [0.05, 0.1) is 0 Å². The quantitative estimate of drug-likeness (QED) is 0.698. The molecule has 4 rings (SSSR count). The number of imidazole rings is 1. The van der Waals surface area contributed by atoms with E-state index in [9.17, 15) is 9.18 Å². The molecule has 3 heterocycles. The van der Waals surface area contributed by atoms with Crippen LogP contribution >= 0.6 is 0 Å². The van der Waals surface area contributed by atoms with Crippen LogP contribution in [0.3, 0.4) is 0 Å². The van der Waals surface area contributed by atoms with Crippen LogP contribution in [0.2, 0.25) is 0 Å². The lowest BCUT2D eigenvalue weighted by Crippen LogP contribution is -2.36. The van der Waals surface area contributed by atoms with Crippen molar-refractivity contribution in [3.63, 3.8) is 0 Å². The number of halogens is 1. The van der Waals surface area contributed by atoms with E-state index in [-0.39, 0.29) is 11.6 Å². The number of hydrogen-bond donors (Lipinski definition) is 0. The lowest BCUT2D eigenvalue weighted by molar-refractivity contribution is 0.0756. The minimum atomic E-state index is -0.585. The van der Waals surface area contributed by atoms with Crippen molar-refractivity contribution in [3.8, 4) is 0 Å². The van der Waals surface area contributed by atoms with Gasteiger partial charge in [-0.3, -0.25) is 9.20 Å². The second-order valence-corrected chi connectivity index (χ2v) is 7.11. The van der Waals surface area contributed by atoms with Crippen molar-refractivity contribution in [2.24, 2.45) is 0 Å². The van der Waals surface area contributed by atoms with Crippen molar-refractivity contribution >= 4 is 17.2 Å². The molecule has 3 aromatic rings. The minimum absolute atomic E-state index is 0.0926. The molecule has 1 saturated heterocycles. The Morgan fingerprint density at radius 1 is 1.04 bits per heavy atom. The van der Waals surface area contributed by atoms with Crippen LogP contribution in [-0.2, 0) is 0 Å². The molecule has 0 aliphatic carbocycles. The van der Waals surface area contributed by atoms with Gasteiger partial charge in [-0.05, 0) is 43.5 Å². The zero-order valence-corrected chi connectivity index (χ0v) is 15.7. The van der Waals surface area contributed by atoms with Crippen LogP contribution < -0.4 is 4.90 Å². The molecule has 1 aromatic carbocycles. The van der Waals surface area contributed by atoms with Crippen LogP contribution in [0.4, 0.5) is 10.1 Å². The molecule has 2 aromatic heterocycles. The zero-order valence-electron chi connectivity index (χ0n) is 15.7. The molecule has 6 heteroatoms. The maximum Gasteiger partial charge on any atom is 0.277 e. The van der Waals surface area contributed by atoms with Gasteiger partial charge in [0, 0.05) is 38.1 Å². The second-order valence-electron chi connectivity index (χ2n) is 7.11. The number of para-hydroxylation sites is 1. The van der Waals surface area contributed by atoms with Crippen molar-refractivity contribution in [2.45, 2.75) is 20.3 Å². The van der Waals surface area contributed by atoms with Gasteiger partial charge in [-0.15, -0.1) is 0 Å². The summed E-state index contributed by atoms with van der Waals surface area (Å²) in [5.74, 6) is -0.917. The smallest absolute Gasteiger partial charge is 0.277 e. The highest BCUT2D eigenvalue weighted by Crippen LogP contribution is 2.22. The Morgan fingerprint density at radius 3 is 2.67 bits per heavy atom.